The van der Waals surface area contributed by atoms with Gasteiger partial charge < -0.3 is 10.2 Å². The van der Waals surface area contributed by atoms with Gasteiger partial charge in [0.05, 0.1) is 11.9 Å². The Hall–Kier alpha value is -2.03. The van der Waals surface area contributed by atoms with Crippen LogP contribution < -0.4 is 5.73 Å². The number of nitrogen functional groups attached to an aromatic ring is 1. The molecule has 68 valence electrons. The Kier molecular flexibility index (Phi) is 1.31. The van der Waals surface area contributed by atoms with Gasteiger partial charge in [0.25, 0.3) is 0 Å². The van der Waals surface area contributed by atoms with Crippen molar-refractivity contribution in [3.63, 3.8) is 0 Å². The summed E-state index contributed by atoms with van der Waals surface area (Å²) in [5.41, 5.74) is 8.70. The fraction of sp³-hybridized carbons (Fsp3) is 0. The molecule has 0 saturated heterocycles. The highest BCUT2D eigenvalue weighted by Gasteiger charge is 2.06. The first kappa shape index (κ1) is 7.38. The average Bonchev–Trinajstić information content (AvgIpc) is 2.54. The molecule has 2 heterocycles. The molecule has 0 amide bonds. The zero-order valence-corrected chi connectivity index (χ0v) is 7.40. The van der Waals surface area contributed by atoms with Crippen molar-refractivity contribution in [3.05, 3.63) is 36.5 Å². The SMILES string of the molecule is Nc1cnc2c(c1)oc1ccccc12. The van der Waals surface area contributed by atoms with Crippen molar-refractivity contribution in [1.29, 1.82) is 0 Å². The summed E-state index contributed by atoms with van der Waals surface area (Å²) in [7, 11) is 0. The monoisotopic (exact) mass is 184 g/mol. The topological polar surface area (TPSA) is 52.0 Å². The fourth-order valence-electron chi connectivity index (χ4n) is 1.61. The summed E-state index contributed by atoms with van der Waals surface area (Å²) < 4.78 is 5.59. The lowest BCUT2D eigenvalue weighted by atomic mass is 10.2. The summed E-state index contributed by atoms with van der Waals surface area (Å²) in [5.74, 6) is 0. The standard InChI is InChI=1S/C11H8N2O/c12-7-5-10-11(13-6-7)8-3-1-2-4-9(8)14-10/h1-6H,12H2. The molecule has 3 nitrogen and oxygen atoms in total. The molecule has 0 unspecified atom stereocenters. The van der Waals surface area contributed by atoms with E-state index in [-0.39, 0.29) is 0 Å². The quantitative estimate of drug-likeness (QED) is 0.584. The maximum absolute atomic E-state index is 5.62. The molecule has 0 aliphatic rings. The molecular weight excluding hydrogens is 176 g/mol. The normalized spacial score (nSPS) is 11.1. The molecule has 0 saturated carbocycles. The minimum absolute atomic E-state index is 0.622. The second-order valence-electron chi connectivity index (χ2n) is 3.21. The summed E-state index contributed by atoms with van der Waals surface area (Å²) in [6.07, 6.45) is 1.64. The van der Waals surface area contributed by atoms with Gasteiger partial charge in [0, 0.05) is 11.5 Å². The van der Waals surface area contributed by atoms with Crippen molar-refractivity contribution < 1.29 is 4.42 Å². The van der Waals surface area contributed by atoms with Crippen LogP contribution in [0.25, 0.3) is 22.1 Å². The van der Waals surface area contributed by atoms with Crippen molar-refractivity contribution in [2.75, 3.05) is 5.73 Å². The number of anilines is 1. The lowest BCUT2D eigenvalue weighted by Crippen LogP contribution is -1.84. The van der Waals surface area contributed by atoms with E-state index >= 15 is 0 Å². The van der Waals surface area contributed by atoms with Gasteiger partial charge in [-0.15, -0.1) is 0 Å². The van der Waals surface area contributed by atoms with Gasteiger partial charge in [0.2, 0.25) is 0 Å². The number of hydrogen-bond donors (Lipinski definition) is 1. The summed E-state index contributed by atoms with van der Waals surface area (Å²) in [4.78, 5) is 4.25. The Balaban J connectivity index is 2.57. The number of rotatable bonds is 0. The van der Waals surface area contributed by atoms with E-state index in [1.165, 1.54) is 0 Å². The Morgan fingerprint density at radius 3 is 2.93 bits per heavy atom. The van der Waals surface area contributed by atoms with Gasteiger partial charge in [-0.05, 0) is 12.1 Å². The largest absolute Gasteiger partial charge is 0.454 e. The lowest BCUT2D eigenvalue weighted by Gasteiger charge is -1.89. The molecule has 3 heteroatoms. The van der Waals surface area contributed by atoms with E-state index in [4.69, 9.17) is 10.2 Å². The molecule has 2 aromatic heterocycles. The number of hydrogen-bond acceptors (Lipinski definition) is 3. The predicted molar refractivity (Wildman–Crippen MR) is 55.9 cm³/mol. The summed E-state index contributed by atoms with van der Waals surface area (Å²) in [6, 6.07) is 9.61. The zero-order chi connectivity index (χ0) is 9.54. The third-order valence-electron chi connectivity index (χ3n) is 2.24. The number of furan rings is 1. The van der Waals surface area contributed by atoms with Gasteiger partial charge in [0.1, 0.15) is 11.1 Å². The van der Waals surface area contributed by atoms with Crippen LogP contribution >= 0.6 is 0 Å². The summed E-state index contributed by atoms with van der Waals surface area (Å²) in [5, 5.41) is 1.03. The first-order chi connectivity index (χ1) is 6.84. The molecule has 0 spiro atoms. The molecule has 14 heavy (non-hydrogen) atoms. The third-order valence-corrected chi connectivity index (χ3v) is 2.24. The molecule has 3 rings (SSSR count). The van der Waals surface area contributed by atoms with E-state index in [1.807, 2.05) is 24.3 Å². The fourth-order valence-corrected chi connectivity index (χ4v) is 1.61. The van der Waals surface area contributed by atoms with Crippen molar-refractivity contribution in [3.8, 4) is 0 Å². The number of para-hydroxylation sites is 1. The van der Waals surface area contributed by atoms with Crippen molar-refractivity contribution >= 4 is 27.8 Å². The number of benzene rings is 1. The second-order valence-corrected chi connectivity index (χ2v) is 3.21. The molecule has 0 atom stereocenters. The van der Waals surface area contributed by atoms with Crippen LogP contribution in [0.1, 0.15) is 0 Å². The van der Waals surface area contributed by atoms with Crippen LogP contribution in [0.4, 0.5) is 5.69 Å². The van der Waals surface area contributed by atoms with Crippen LogP contribution in [0.3, 0.4) is 0 Å². The Labute approximate surface area is 80.1 Å². The maximum atomic E-state index is 5.62. The van der Waals surface area contributed by atoms with Gasteiger partial charge >= 0.3 is 0 Å². The van der Waals surface area contributed by atoms with Crippen molar-refractivity contribution in [1.82, 2.24) is 4.98 Å². The van der Waals surface area contributed by atoms with Gasteiger partial charge in [-0.25, -0.2) is 0 Å². The van der Waals surface area contributed by atoms with Crippen molar-refractivity contribution in [2.24, 2.45) is 0 Å². The molecule has 2 N–H and O–H groups in total. The van der Waals surface area contributed by atoms with E-state index < -0.39 is 0 Å². The molecule has 0 aliphatic carbocycles. The highest BCUT2D eigenvalue weighted by atomic mass is 16.3. The molecular formula is C11H8N2O. The van der Waals surface area contributed by atoms with Crippen LogP contribution in [0.15, 0.2) is 40.9 Å². The van der Waals surface area contributed by atoms with Crippen LogP contribution in [0.5, 0.6) is 0 Å². The molecule has 0 aliphatic heterocycles. The first-order valence-electron chi connectivity index (χ1n) is 4.37. The van der Waals surface area contributed by atoms with E-state index in [0.717, 1.165) is 22.1 Å². The number of fused-ring (bicyclic) bond motifs is 3. The van der Waals surface area contributed by atoms with Gasteiger partial charge in [-0.2, -0.15) is 0 Å². The minimum atomic E-state index is 0.622. The smallest absolute Gasteiger partial charge is 0.155 e. The molecule has 1 aromatic carbocycles. The number of nitrogens with two attached hydrogens (primary N) is 1. The predicted octanol–water partition coefficient (Wildman–Crippen LogP) is 2.56. The number of pyridine rings is 1. The zero-order valence-electron chi connectivity index (χ0n) is 7.40. The Morgan fingerprint density at radius 2 is 2.00 bits per heavy atom. The van der Waals surface area contributed by atoms with E-state index in [0.29, 0.717) is 5.69 Å². The Bertz CT molecular complexity index is 613. The van der Waals surface area contributed by atoms with Crippen molar-refractivity contribution in [2.45, 2.75) is 0 Å². The first-order valence-corrected chi connectivity index (χ1v) is 4.37. The van der Waals surface area contributed by atoms with E-state index in [1.54, 1.807) is 12.3 Å². The van der Waals surface area contributed by atoms with Gasteiger partial charge in [0.15, 0.2) is 5.58 Å². The van der Waals surface area contributed by atoms with Crippen LogP contribution in [-0.4, -0.2) is 4.98 Å². The maximum Gasteiger partial charge on any atom is 0.155 e. The van der Waals surface area contributed by atoms with Gasteiger partial charge in [-0.3, -0.25) is 4.98 Å². The van der Waals surface area contributed by atoms with Crippen LogP contribution in [0.2, 0.25) is 0 Å². The van der Waals surface area contributed by atoms with E-state index in [2.05, 4.69) is 4.98 Å². The Morgan fingerprint density at radius 1 is 1.14 bits per heavy atom. The van der Waals surface area contributed by atoms with Crippen LogP contribution in [-0.2, 0) is 0 Å². The molecule has 3 aromatic rings. The number of nitrogens with zero attached hydrogens (tertiary/aromatic N) is 1. The summed E-state index contributed by atoms with van der Waals surface area (Å²) >= 11 is 0. The minimum Gasteiger partial charge on any atom is -0.454 e. The molecule has 0 radical (unpaired) electrons. The molecule has 0 bridgehead atoms. The average molecular weight is 184 g/mol. The van der Waals surface area contributed by atoms with Crippen LogP contribution in [0, 0.1) is 0 Å². The van der Waals surface area contributed by atoms with Gasteiger partial charge in [-0.1, -0.05) is 12.1 Å². The summed E-state index contributed by atoms with van der Waals surface area (Å²) in [6.45, 7) is 0. The van der Waals surface area contributed by atoms with E-state index in [9.17, 15) is 0 Å². The number of aromatic nitrogens is 1. The lowest BCUT2D eigenvalue weighted by molar-refractivity contribution is 0.668. The molecule has 0 fully saturated rings. The third kappa shape index (κ3) is 0.893. The highest BCUT2D eigenvalue weighted by molar-refractivity contribution is 6.02. The second kappa shape index (κ2) is 2.48. The highest BCUT2D eigenvalue weighted by Crippen LogP contribution is 2.27.